The van der Waals surface area contributed by atoms with Crippen molar-refractivity contribution in [3.05, 3.63) is 12.2 Å². The van der Waals surface area contributed by atoms with E-state index in [2.05, 4.69) is 26.0 Å². The average molecular weight is 363 g/mol. The number of aliphatic carboxylic acids is 1. The van der Waals surface area contributed by atoms with E-state index in [1.807, 2.05) is 0 Å². The number of hydrogen-bond acceptors (Lipinski definition) is 1. The monoisotopic (exact) mass is 362 g/mol. The molecule has 0 radical (unpaired) electrons. The van der Waals surface area contributed by atoms with Crippen LogP contribution in [0.2, 0.25) is 0 Å². The second kappa shape index (κ2) is 10.6. The molecule has 0 bridgehead atoms. The van der Waals surface area contributed by atoms with E-state index in [4.69, 9.17) is 23.2 Å². The summed E-state index contributed by atoms with van der Waals surface area (Å²) in [6.45, 7) is 4.35. The van der Waals surface area contributed by atoms with Crippen molar-refractivity contribution in [2.24, 2.45) is 17.8 Å². The highest BCUT2D eigenvalue weighted by molar-refractivity contribution is 6.51. The number of hydrogen-bond donors (Lipinski definition) is 1. The van der Waals surface area contributed by atoms with Gasteiger partial charge in [0.1, 0.15) is 4.33 Å². The van der Waals surface area contributed by atoms with Gasteiger partial charge in [0.25, 0.3) is 0 Å². The van der Waals surface area contributed by atoms with Crippen LogP contribution < -0.4 is 0 Å². The molecular weight excluding hydrogens is 331 g/mol. The Balaban J connectivity index is 2.44. The van der Waals surface area contributed by atoms with Crippen molar-refractivity contribution in [3.63, 3.8) is 0 Å². The predicted octanol–water partition coefficient (Wildman–Crippen LogP) is 6.60. The first kappa shape index (κ1) is 20.8. The molecule has 0 saturated heterocycles. The molecule has 23 heavy (non-hydrogen) atoms. The van der Waals surface area contributed by atoms with E-state index in [-0.39, 0.29) is 11.8 Å². The Morgan fingerprint density at radius 2 is 1.74 bits per heavy atom. The predicted molar refractivity (Wildman–Crippen MR) is 99.2 cm³/mol. The maximum Gasteiger partial charge on any atom is 0.306 e. The number of carboxylic acids is 1. The number of rotatable bonds is 13. The number of allylic oxidation sites excluding steroid dienone is 2. The van der Waals surface area contributed by atoms with E-state index in [9.17, 15) is 9.90 Å². The Labute approximate surface area is 151 Å². The van der Waals surface area contributed by atoms with Crippen LogP contribution in [0, 0.1) is 17.8 Å². The first-order chi connectivity index (χ1) is 11.0. The van der Waals surface area contributed by atoms with Gasteiger partial charge in [-0.3, -0.25) is 4.79 Å². The zero-order chi connectivity index (χ0) is 17.3. The van der Waals surface area contributed by atoms with E-state index >= 15 is 0 Å². The Kier molecular flexibility index (Phi) is 9.61. The van der Waals surface area contributed by atoms with Gasteiger partial charge in [0.2, 0.25) is 0 Å². The molecule has 0 aromatic carbocycles. The minimum absolute atomic E-state index is 0.0838. The van der Waals surface area contributed by atoms with E-state index in [1.165, 1.54) is 19.3 Å². The summed E-state index contributed by atoms with van der Waals surface area (Å²) in [7, 11) is 0. The molecule has 0 spiro atoms. The number of halogens is 2. The van der Waals surface area contributed by atoms with Crippen molar-refractivity contribution in [1.29, 1.82) is 0 Å². The van der Waals surface area contributed by atoms with E-state index in [0.717, 1.165) is 38.5 Å². The molecule has 0 heterocycles. The molecule has 4 heteroatoms. The van der Waals surface area contributed by atoms with Gasteiger partial charge in [-0.15, -0.1) is 23.2 Å². The van der Waals surface area contributed by atoms with Gasteiger partial charge >= 0.3 is 5.97 Å². The van der Waals surface area contributed by atoms with Gasteiger partial charge in [-0.2, -0.15) is 0 Å². The minimum Gasteiger partial charge on any atom is -0.481 e. The second-order valence-electron chi connectivity index (χ2n) is 6.80. The SMILES string of the molecule is CCCCCC=CCC1C(C(CCCCCC)C(=O)O)C1(Cl)Cl. The van der Waals surface area contributed by atoms with Crippen LogP contribution in [0.5, 0.6) is 0 Å². The van der Waals surface area contributed by atoms with Crippen LogP contribution in [0.4, 0.5) is 0 Å². The molecule has 2 nitrogen and oxygen atoms in total. The third kappa shape index (κ3) is 6.66. The third-order valence-electron chi connectivity index (χ3n) is 4.91. The molecule has 0 amide bonds. The van der Waals surface area contributed by atoms with Crippen molar-refractivity contribution in [2.75, 3.05) is 0 Å². The van der Waals surface area contributed by atoms with Crippen molar-refractivity contribution in [3.8, 4) is 0 Å². The zero-order valence-electron chi connectivity index (χ0n) is 14.6. The fourth-order valence-electron chi connectivity index (χ4n) is 3.39. The number of unbranched alkanes of at least 4 members (excludes halogenated alkanes) is 6. The summed E-state index contributed by atoms with van der Waals surface area (Å²) in [5.41, 5.74) is 0. The number of alkyl halides is 2. The second-order valence-corrected chi connectivity index (χ2v) is 8.25. The molecule has 0 aliphatic heterocycles. The molecule has 1 rings (SSSR count). The molecule has 3 atom stereocenters. The van der Waals surface area contributed by atoms with Gasteiger partial charge in [0.05, 0.1) is 5.92 Å². The van der Waals surface area contributed by atoms with Gasteiger partial charge in [-0.25, -0.2) is 0 Å². The largest absolute Gasteiger partial charge is 0.481 e. The molecule has 1 saturated carbocycles. The molecule has 1 N–H and O–H groups in total. The lowest BCUT2D eigenvalue weighted by molar-refractivity contribution is -0.143. The van der Waals surface area contributed by atoms with Crippen molar-refractivity contribution >= 4 is 29.2 Å². The van der Waals surface area contributed by atoms with Gasteiger partial charge in [-0.1, -0.05) is 64.5 Å². The van der Waals surface area contributed by atoms with Gasteiger partial charge in [0.15, 0.2) is 0 Å². The summed E-state index contributed by atoms with van der Waals surface area (Å²) >= 11 is 12.8. The maximum absolute atomic E-state index is 11.6. The average Bonchev–Trinajstić information content (AvgIpc) is 3.03. The number of carboxylic acid groups (broad SMARTS) is 1. The molecule has 0 aromatic rings. The molecule has 1 aliphatic rings. The first-order valence-electron chi connectivity index (χ1n) is 9.22. The third-order valence-corrected chi connectivity index (χ3v) is 5.98. The van der Waals surface area contributed by atoms with E-state index in [0.29, 0.717) is 6.42 Å². The lowest BCUT2D eigenvalue weighted by Gasteiger charge is -2.12. The minimum atomic E-state index is -0.860. The van der Waals surface area contributed by atoms with Crippen LogP contribution in [0.25, 0.3) is 0 Å². The van der Waals surface area contributed by atoms with Crippen molar-refractivity contribution < 1.29 is 9.90 Å². The lowest BCUT2D eigenvalue weighted by Crippen LogP contribution is -2.19. The quantitative estimate of drug-likeness (QED) is 0.227. The van der Waals surface area contributed by atoms with Crippen molar-refractivity contribution in [2.45, 2.75) is 82.4 Å². The molecule has 1 fully saturated rings. The maximum atomic E-state index is 11.6. The summed E-state index contributed by atoms with van der Waals surface area (Å²) in [4.78, 5) is 11.6. The van der Waals surface area contributed by atoms with Crippen LogP contribution in [0.3, 0.4) is 0 Å². The summed E-state index contributed by atoms with van der Waals surface area (Å²) in [6.07, 6.45) is 14.9. The van der Waals surface area contributed by atoms with Crippen LogP contribution in [-0.2, 0) is 4.79 Å². The molecular formula is C19H32Cl2O2. The Morgan fingerprint density at radius 1 is 1.09 bits per heavy atom. The molecule has 1 aliphatic carbocycles. The molecule has 3 unspecified atom stereocenters. The highest BCUT2D eigenvalue weighted by Crippen LogP contribution is 2.64. The van der Waals surface area contributed by atoms with E-state index < -0.39 is 16.2 Å². The summed E-state index contributed by atoms with van der Waals surface area (Å²) < 4.78 is -0.860. The van der Waals surface area contributed by atoms with Crippen molar-refractivity contribution in [1.82, 2.24) is 0 Å². The fourth-order valence-corrected chi connectivity index (χ4v) is 4.32. The van der Waals surface area contributed by atoms with Crippen LogP contribution in [0.15, 0.2) is 12.2 Å². The topological polar surface area (TPSA) is 37.3 Å². The highest BCUT2D eigenvalue weighted by atomic mass is 35.5. The summed E-state index contributed by atoms with van der Waals surface area (Å²) in [6, 6.07) is 0. The smallest absolute Gasteiger partial charge is 0.306 e. The number of carbonyl (C=O) groups is 1. The van der Waals surface area contributed by atoms with Gasteiger partial charge in [0, 0.05) is 11.8 Å². The Bertz CT molecular complexity index is 380. The van der Waals surface area contributed by atoms with Crippen LogP contribution >= 0.6 is 23.2 Å². The van der Waals surface area contributed by atoms with Gasteiger partial charge in [-0.05, 0) is 25.7 Å². The van der Waals surface area contributed by atoms with Crippen LogP contribution in [0.1, 0.15) is 78.1 Å². The standard InChI is InChI=1S/C19H32Cl2O2/c1-3-5-7-9-10-12-14-16-17(19(16,20)21)15(18(22)23)13-11-8-6-4-2/h10,12,15-17H,3-9,11,13-14H2,1-2H3,(H,22,23). The summed E-state index contributed by atoms with van der Waals surface area (Å²) in [5, 5.41) is 9.52. The Morgan fingerprint density at radius 3 is 2.35 bits per heavy atom. The van der Waals surface area contributed by atoms with E-state index in [1.54, 1.807) is 0 Å². The van der Waals surface area contributed by atoms with Crippen LogP contribution in [-0.4, -0.2) is 15.4 Å². The Hall–Kier alpha value is -0.210. The molecule has 134 valence electrons. The lowest BCUT2D eigenvalue weighted by atomic mass is 9.94. The summed E-state index contributed by atoms with van der Waals surface area (Å²) in [5.74, 6) is -1.17. The normalized spacial score (nSPS) is 24.0. The fraction of sp³-hybridized carbons (Fsp3) is 0.842. The zero-order valence-corrected chi connectivity index (χ0v) is 16.1. The first-order valence-corrected chi connectivity index (χ1v) is 9.97. The highest BCUT2D eigenvalue weighted by Gasteiger charge is 2.66. The molecule has 0 aromatic heterocycles. The van der Waals surface area contributed by atoms with Gasteiger partial charge < -0.3 is 5.11 Å².